The molecule has 166 valence electrons. The SMILES string of the molecule is O=C1COCCOCCOCC(=O)CC(=O)OCCOCCOCCOC(=O)C1. The van der Waals surface area contributed by atoms with Crippen LogP contribution in [0.2, 0.25) is 0 Å². The van der Waals surface area contributed by atoms with E-state index in [0.717, 1.165) is 0 Å². The molecule has 11 nitrogen and oxygen atoms in total. The Bertz CT molecular complexity index is 462. The van der Waals surface area contributed by atoms with Crippen molar-refractivity contribution < 1.29 is 52.3 Å². The number of carbonyl (C=O) groups is 4. The number of hydrogen-bond donors (Lipinski definition) is 0. The number of Topliss-reactive ketones (excluding diaryl/α,β-unsaturated/α-hetero) is 2. The summed E-state index contributed by atoms with van der Waals surface area (Å²) in [5.74, 6) is -2.08. The molecular weight excluding hydrogens is 392 g/mol. The molecule has 0 N–H and O–H groups in total. The molecule has 1 saturated heterocycles. The van der Waals surface area contributed by atoms with E-state index in [1.54, 1.807) is 0 Å². The van der Waals surface area contributed by atoms with Crippen LogP contribution in [0.3, 0.4) is 0 Å². The Labute approximate surface area is 168 Å². The first-order valence-electron chi connectivity index (χ1n) is 9.31. The zero-order valence-electron chi connectivity index (χ0n) is 16.4. The molecule has 0 amide bonds. The molecular formula is C18H28O11. The summed E-state index contributed by atoms with van der Waals surface area (Å²) < 4.78 is 35.6. The van der Waals surface area contributed by atoms with E-state index in [1.807, 2.05) is 0 Å². The number of ketones is 2. The molecule has 0 bridgehead atoms. The standard InChI is InChI=1S/C18H28O11/c19-15-11-17(21)28-9-7-24-1-2-25-8-10-29-18(22)12-16(20)14-27-6-4-23-3-5-26-13-15/h1-14H2. The van der Waals surface area contributed by atoms with E-state index in [-0.39, 0.29) is 92.1 Å². The zero-order valence-corrected chi connectivity index (χ0v) is 16.4. The topological polar surface area (TPSA) is 133 Å². The first kappa shape index (κ1) is 25.1. The highest BCUT2D eigenvalue weighted by atomic mass is 16.6. The molecule has 0 aromatic heterocycles. The molecule has 1 heterocycles. The molecule has 0 aromatic carbocycles. The summed E-state index contributed by atoms with van der Waals surface area (Å²) in [6.07, 6.45) is -0.741. The third-order valence-electron chi connectivity index (χ3n) is 3.31. The molecule has 1 aliphatic rings. The lowest BCUT2D eigenvalue weighted by atomic mass is 10.3. The second kappa shape index (κ2) is 17.0. The minimum atomic E-state index is -0.645. The lowest BCUT2D eigenvalue weighted by molar-refractivity contribution is -0.150. The van der Waals surface area contributed by atoms with E-state index in [2.05, 4.69) is 0 Å². The Balaban J connectivity index is 2.29. The number of cyclic esters (lactones) is 2. The van der Waals surface area contributed by atoms with E-state index in [1.165, 1.54) is 0 Å². The fraction of sp³-hybridized carbons (Fsp3) is 0.778. The van der Waals surface area contributed by atoms with Crippen LogP contribution in [0.1, 0.15) is 12.8 Å². The van der Waals surface area contributed by atoms with Crippen molar-refractivity contribution in [2.24, 2.45) is 0 Å². The summed E-state index contributed by atoms with van der Waals surface area (Å²) in [6, 6.07) is 0. The maximum Gasteiger partial charge on any atom is 0.313 e. The van der Waals surface area contributed by atoms with E-state index >= 15 is 0 Å². The molecule has 0 aromatic rings. The van der Waals surface area contributed by atoms with Gasteiger partial charge in [0, 0.05) is 0 Å². The normalized spacial score (nSPS) is 22.1. The Morgan fingerprint density at radius 2 is 0.724 bits per heavy atom. The third-order valence-corrected chi connectivity index (χ3v) is 3.31. The Kier molecular flexibility index (Phi) is 14.7. The van der Waals surface area contributed by atoms with Crippen LogP contribution in [0.25, 0.3) is 0 Å². The Hall–Kier alpha value is -1.92. The van der Waals surface area contributed by atoms with Crippen molar-refractivity contribution in [3.63, 3.8) is 0 Å². The predicted molar refractivity (Wildman–Crippen MR) is 95.3 cm³/mol. The van der Waals surface area contributed by atoms with Gasteiger partial charge in [0.25, 0.3) is 0 Å². The largest absolute Gasteiger partial charge is 0.463 e. The van der Waals surface area contributed by atoms with E-state index in [9.17, 15) is 19.2 Å². The van der Waals surface area contributed by atoms with Gasteiger partial charge in [-0.15, -0.1) is 0 Å². The van der Waals surface area contributed by atoms with Gasteiger partial charge in [-0.3, -0.25) is 19.2 Å². The Morgan fingerprint density at radius 3 is 1.10 bits per heavy atom. The van der Waals surface area contributed by atoms with Gasteiger partial charge in [0.2, 0.25) is 0 Å². The van der Waals surface area contributed by atoms with E-state index < -0.39 is 23.5 Å². The zero-order chi connectivity index (χ0) is 21.2. The van der Waals surface area contributed by atoms with E-state index in [4.69, 9.17) is 33.2 Å². The summed E-state index contributed by atoms with van der Waals surface area (Å²) in [5.41, 5.74) is 0. The van der Waals surface area contributed by atoms with Crippen LogP contribution in [0.15, 0.2) is 0 Å². The van der Waals surface area contributed by atoms with Gasteiger partial charge in [-0.05, 0) is 0 Å². The maximum atomic E-state index is 11.6. The average molecular weight is 420 g/mol. The molecule has 1 rings (SSSR count). The Morgan fingerprint density at radius 1 is 0.414 bits per heavy atom. The van der Waals surface area contributed by atoms with Crippen molar-refractivity contribution in [3.8, 4) is 0 Å². The molecule has 0 unspecified atom stereocenters. The maximum absolute atomic E-state index is 11.6. The average Bonchev–Trinajstić information content (AvgIpc) is 2.67. The minimum Gasteiger partial charge on any atom is -0.463 e. The number of ether oxygens (including phenoxy) is 7. The molecule has 0 radical (unpaired) electrons. The fourth-order valence-corrected chi connectivity index (χ4v) is 1.99. The van der Waals surface area contributed by atoms with Crippen LogP contribution in [0.4, 0.5) is 0 Å². The van der Waals surface area contributed by atoms with Gasteiger partial charge in [-0.2, -0.15) is 0 Å². The van der Waals surface area contributed by atoms with Gasteiger partial charge < -0.3 is 33.2 Å². The second-order valence-electron chi connectivity index (χ2n) is 5.81. The quantitative estimate of drug-likeness (QED) is 0.356. The van der Waals surface area contributed by atoms with Crippen LogP contribution in [-0.4, -0.2) is 103 Å². The first-order valence-corrected chi connectivity index (χ1v) is 9.31. The van der Waals surface area contributed by atoms with Crippen LogP contribution in [0, 0.1) is 0 Å². The van der Waals surface area contributed by atoms with E-state index in [0.29, 0.717) is 0 Å². The molecule has 1 aliphatic heterocycles. The third kappa shape index (κ3) is 15.7. The van der Waals surface area contributed by atoms with Crippen molar-refractivity contribution in [2.45, 2.75) is 12.8 Å². The highest BCUT2D eigenvalue weighted by molar-refractivity contribution is 5.96. The van der Waals surface area contributed by atoms with Crippen LogP contribution >= 0.6 is 0 Å². The molecule has 0 saturated carbocycles. The lowest BCUT2D eigenvalue weighted by Crippen LogP contribution is -2.19. The summed E-state index contributed by atoms with van der Waals surface area (Å²) in [4.78, 5) is 46.2. The molecule has 0 atom stereocenters. The summed E-state index contributed by atoms with van der Waals surface area (Å²) in [5, 5.41) is 0. The van der Waals surface area contributed by atoms with Crippen molar-refractivity contribution >= 4 is 23.5 Å². The lowest BCUT2D eigenvalue weighted by Gasteiger charge is -2.07. The van der Waals surface area contributed by atoms with Gasteiger partial charge in [-0.1, -0.05) is 0 Å². The fourth-order valence-electron chi connectivity index (χ4n) is 1.99. The summed E-state index contributed by atoms with van der Waals surface area (Å²) in [6.45, 7) is 1.24. The summed E-state index contributed by atoms with van der Waals surface area (Å²) >= 11 is 0. The number of esters is 2. The van der Waals surface area contributed by atoms with Crippen LogP contribution in [0.5, 0.6) is 0 Å². The van der Waals surface area contributed by atoms with Crippen LogP contribution in [-0.2, 0) is 52.3 Å². The monoisotopic (exact) mass is 420 g/mol. The number of carbonyl (C=O) groups excluding carboxylic acids is 4. The molecule has 11 heteroatoms. The predicted octanol–water partition coefficient (Wildman–Crippen LogP) is -0.912. The summed E-state index contributed by atoms with van der Waals surface area (Å²) in [7, 11) is 0. The molecule has 1 fully saturated rings. The first-order chi connectivity index (χ1) is 14.1. The highest BCUT2D eigenvalue weighted by Crippen LogP contribution is 1.94. The van der Waals surface area contributed by atoms with Crippen molar-refractivity contribution in [2.75, 3.05) is 79.3 Å². The van der Waals surface area contributed by atoms with Crippen molar-refractivity contribution in [3.05, 3.63) is 0 Å². The number of hydrogen-bond acceptors (Lipinski definition) is 11. The van der Waals surface area contributed by atoms with Crippen molar-refractivity contribution in [1.29, 1.82) is 0 Å². The van der Waals surface area contributed by atoms with Crippen LogP contribution < -0.4 is 0 Å². The molecule has 0 aliphatic carbocycles. The smallest absolute Gasteiger partial charge is 0.313 e. The second-order valence-corrected chi connectivity index (χ2v) is 5.81. The number of rotatable bonds is 0. The van der Waals surface area contributed by atoms with Gasteiger partial charge in [0.1, 0.15) is 39.3 Å². The molecule has 0 spiro atoms. The van der Waals surface area contributed by atoms with Gasteiger partial charge >= 0.3 is 11.9 Å². The minimum absolute atomic E-state index is 0.0223. The van der Waals surface area contributed by atoms with Gasteiger partial charge in [-0.25, -0.2) is 0 Å². The van der Waals surface area contributed by atoms with Gasteiger partial charge in [0.15, 0.2) is 11.6 Å². The van der Waals surface area contributed by atoms with Gasteiger partial charge in [0.05, 0.1) is 52.9 Å². The van der Waals surface area contributed by atoms with Crippen molar-refractivity contribution in [1.82, 2.24) is 0 Å². The molecule has 29 heavy (non-hydrogen) atoms. The highest BCUT2D eigenvalue weighted by Gasteiger charge is 2.12.